The van der Waals surface area contributed by atoms with Crippen LogP contribution >= 0.6 is 0 Å². The maximum absolute atomic E-state index is 13.3. The minimum absolute atomic E-state index is 0.0641. The fourth-order valence-corrected chi connectivity index (χ4v) is 1.92. The second-order valence-electron chi connectivity index (χ2n) is 3.76. The van der Waals surface area contributed by atoms with Crippen molar-refractivity contribution in [2.24, 2.45) is 5.73 Å². The highest BCUT2D eigenvalue weighted by molar-refractivity contribution is 5.58. The van der Waals surface area contributed by atoms with Gasteiger partial charge in [-0.15, -0.1) is 0 Å². The molecule has 1 unspecified atom stereocenters. The molecule has 14 heavy (non-hydrogen) atoms. The Balaban J connectivity index is 2.32. The van der Waals surface area contributed by atoms with Crippen LogP contribution in [-0.4, -0.2) is 20.1 Å². The Hall–Kier alpha value is -1.09. The standard InChI is InChI=1S/C11H15FN2/c1-14-5-4-9-6-8(10(12)7-13)2-3-11(9)14/h2-3,6,10H,4-5,7,13H2,1H3. The van der Waals surface area contributed by atoms with E-state index in [9.17, 15) is 4.39 Å². The number of anilines is 1. The van der Waals surface area contributed by atoms with Crippen LogP contribution in [0.25, 0.3) is 0 Å². The highest BCUT2D eigenvalue weighted by atomic mass is 19.1. The molecule has 0 bridgehead atoms. The maximum Gasteiger partial charge on any atom is 0.137 e. The van der Waals surface area contributed by atoms with Crippen LogP contribution in [0.5, 0.6) is 0 Å². The molecule has 0 saturated carbocycles. The molecular formula is C11H15FN2. The number of alkyl halides is 1. The molecule has 0 saturated heterocycles. The van der Waals surface area contributed by atoms with E-state index in [1.807, 2.05) is 18.2 Å². The molecule has 76 valence electrons. The summed E-state index contributed by atoms with van der Waals surface area (Å²) in [6.45, 7) is 1.09. The van der Waals surface area contributed by atoms with Crippen molar-refractivity contribution in [3.8, 4) is 0 Å². The third-order valence-corrected chi connectivity index (χ3v) is 2.80. The number of nitrogens with zero attached hydrogens (tertiary/aromatic N) is 1. The number of fused-ring (bicyclic) bond motifs is 1. The van der Waals surface area contributed by atoms with E-state index in [0.717, 1.165) is 13.0 Å². The van der Waals surface area contributed by atoms with Crippen molar-refractivity contribution >= 4 is 5.69 Å². The predicted molar refractivity (Wildman–Crippen MR) is 56.3 cm³/mol. The van der Waals surface area contributed by atoms with Gasteiger partial charge in [-0.3, -0.25) is 0 Å². The number of hydrogen-bond acceptors (Lipinski definition) is 2. The van der Waals surface area contributed by atoms with E-state index in [1.54, 1.807) is 0 Å². The average Bonchev–Trinajstić information content (AvgIpc) is 2.59. The van der Waals surface area contributed by atoms with Crippen molar-refractivity contribution in [2.45, 2.75) is 12.6 Å². The lowest BCUT2D eigenvalue weighted by Gasteiger charge is -2.13. The van der Waals surface area contributed by atoms with Crippen LogP contribution in [-0.2, 0) is 6.42 Å². The zero-order chi connectivity index (χ0) is 10.1. The van der Waals surface area contributed by atoms with Gasteiger partial charge >= 0.3 is 0 Å². The molecule has 0 fully saturated rings. The lowest BCUT2D eigenvalue weighted by Crippen LogP contribution is -2.12. The summed E-state index contributed by atoms with van der Waals surface area (Å²) >= 11 is 0. The SMILES string of the molecule is CN1CCc2cc(C(F)CN)ccc21. The van der Waals surface area contributed by atoms with E-state index < -0.39 is 6.17 Å². The largest absolute Gasteiger partial charge is 0.374 e. The second kappa shape index (κ2) is 3.58. The number of halogens is 1. The molecule has 0 aliphatic carbocycles. The van der Waals surface area contributed by atoms with Crippen molar-refractivity contribution in [1.29, 1.82) is 0 Å². The molecule has 0 aromatic heterocycles. The van der Waals surface area contributed by atoms with Crippen molar-refractivity contribution in [3.63, 3.8) is 0 Å². The molecule has 1 atom stereocenters. The molecule has 2 N–H and O–H groups in total. The van der Waals surface area contributed by atoms with Crippen molar-refractivity contribution in [1.82, 2.24) is 0 Å². The summed E-state index contributed by atoms with van der Waals surface area (Å²) < 4.78 is 13.3. The molecule has 1 aromatic carbocycles. The smallest absolute Gasteiger partial charge is 0.137 e. The van der Waals surface area contributed by atoms with Gasteiger partial charge in [0.05, 0.1) is 0 Å². The first-order valence-corrected chi connectivity index (χ1v) is 4.90. The summed E-state index contributed by atoms with van der Waals surface area (Å²) in [6, 6.07) is 5.76. The number of hydrogen-bond donors (Lipinski definition) is 1. The fraction of sp³-hybridized carbons (Fsp3) is 0.455. The monoisotopic (exact) mass is 194 g/mol. The van der Waals surface area contributed by atoms with Crippen LogP contribution in [0.1, 0.15) is 17.3 Å². The van der Waals surface area contributed by atoms with Gasteiger partial charge in [0, 0.05) is 25.8 Å². The first kappa shape index (κ1) is 9.46. The van der Waals surface area contributed by atoms with Crippen LogP contribution in [0.15, 0.2) is 18.2 Å². The zero-order valence-electron chi connectivity index (χ0n) is 8.33. The number of likely N-dealkylation sites (N-methyl/N-ethyl adjacent to an activating group) is 1. The van der Waals surface area contributed by atoms with E-state index in [1.165, 1.54) is 11.3 Å². The molecule has 2 rings (SSSR count). The zero-order valence-corrected chi connectivity index (χ0v) is 8.33. The van der Waals surface area contributed by atoms with Gasteiger partial charge in [0.15, 0.2) is 0 Å². The molecular weight excluding hydrogens is 179 g/mol. The first-order valence-electron chi connectivity index (χ1n) is 4.90. The van der Waals surface area contributed by atoms with E-state index in [-0.39, 0.29) is 6.54 Å². The van der Waals surface area contributed by atoms with E-state index in [0.29, 0.717) is 5.56 Å². The van der Waals surface area contributed by atoms with Gasteiger partial charge in [-0.1, -0.05) is 12.1 Å². The normalized spacial score (nSPS) is 16.9. The van der Waals surface area contributed by atoms with E-state index in [4.69, 9.17) is 5.73 Å². The van der Waals surface area contributed by atoms with Crippen LogP contribution in [0, 0.1) is 0 Å². The minimum atomic E-state index is -1.02. The van der Waals surface area contributed by atoms with Crippen molar-refractivity contribution in [3.05, 3.63) is 29.3 Å². The number of benzene rings is 1. The van der Waals surface area contributed by atoms with E-state index in [2.05, 4.69) is 11.9 Å². The minimum Gasteiger partial charge on any atom is -0.374 e. The van der Waals surface area contributed by atoms with Gasteiger partial charge in [0.2, 0.25) is 0 Å². The highest BCUT2D eigenvalue weighted by Crippen LogP contribution is 2.29. The maximum atomic E-state index is 13.3. The number of rotatable bonds is 2. The van der Waals surface area contributed by atoms with Gasteiger partial charge in [0.1, 0.15) is 6.17 Å². The number of nitrogens with two attached hydrogens (primary N) is 1. The van der Waals surface area contributed by atoms with Gasteiger partial charge < -0.3 is 10.6 Å². The molecule has 3 heteroatoms. The Bertz CT molecular complexity index is 338. The van der Waals surface area contributed by atoms with Crippen molar-refractivity contribution in [2.75, 3.05) is 25.0 Å². The molecule has 0 amide bonds. The highest BCUT2D eigenvalue weighted by Gasteiger charge is 2.17. The Morgan fingerprint density at radius 2 is 2.36 bits per heavy atom. The second-order valence-corrected chi connectivity index (χ2v) is 3.76. The quantitative estimate of drug-likeness (QED) is 0.775. The molecule has 2 nitrogen and oxygen atoms in total. The Labute approximate surface area is 83.5 Å². The molecule has 1 aromatic rings. The van der Waals surface area contributed by atoms with Crippen molar-refractivity contribution < 1.29 is 4.39 Å². The third-order valence-electron chi connectivity index (χ3n) is 2.80. The van der Waals surface area contributed by atoms with E-state index >= 15 is 0 Å². The Morgan fingerprint density at radius 1 is 1.57 bits per heavy atom. The van der Waals surface area contributed by atoms with Gasteiger partial charge in [0.25, 0.3) is 0 Å². The summed E-state index contributed by atoms with van der Waals surface area (Å²) in [5, 5.41) is 0. The lowest BCUT2D eigenvalue weighted by atomic mass is 10.1. The van der Waals surface area contributed by atoms with Gasteiger partial charge in [-0.2, -0.15) is 0 Å². The Kier molecular flexibility index (Phi) is 2.42. The molecule has 1 aliphatic rings. The summed E-state index contributed by atoms with van der Waals surface area (Å²) in [7, 11) is 2.06. The van der Waals surface area contributed by atoms with Crippen LogP contribution < -0.4 is 10.6 Å². The van der Waals surface area contributed by atoms with Gasteiger partial charge in [-0.05, 0) is 23.6 Å². The molecule has 1 heterocycles. The van der Waals surface area contributed by atoms with Crippen LogP contribution in [0.2, 0.25) is 0 Å². The molecule has 1 aliphatic heterocycles. The van der Waals surface area contributed by atoms with Gasteiger partial charge in [-0.25, -0.2) is 4.39 Å². The Morgan fingerprint density at radius 3 is 3.07 bits per heavy atom. The topological polar surface area (TPSA) is 29.3 Å². The summed E-state index contributed by atoms with van der Waals surface area (Å²) in [5.74, 6) is 0. The molecule has 0 radical (unpaired) electrons. The summed E-state index contributed by atoms with van der Waals surface area (Å²) in [4.78, 5) is 2.19. The fourth-order valence-electron chi connectivity index (χ4n) is 1.92. The van der Waals surface area contributed by atoms with Crippen LogP contribution in [0.4, 0.5) is 10.1 Å². The first-order chi connectivity index (χ1) is 6.72. The molecule has 0 spiro atoms. The average molecular weight is 194 g/mol. The van der Waals surface area contributed by atoms with Crippen LogP contribution in [0.3, 0.4) is 0 Å². The summed E-state index contributed by atoms with van der Waals surface area (Å²) in [5.41, 5.74) is 8.46. The summed E-state index contributed by atoms with van der Waals surface area (Å²) in [6.07, 6.45) is -0.0112. The third kappa shape index (κ3) is 1.48. The predicted octanol–water partition coefficient (Wildman–Crippen LogP) is 1.65. The lowest BCUT2D eigenvalue weighted by molar-refractivity contribution is 0.353.